The third-order valence-corrected chi connectivity index (χ3v) is 2.38. The molecule has 74 valence electrons. The van der Waals surface area contributed by atoms with Gasteiger partial charge in [-0.1, -0.05) is 0 Å². The Bertz CT molecular complexity index is 378. The molecule has 0 aromatic heterocycles. The van der Waals surface area contributed by atoms with E-state index in [0.717, 1.165) is 18.2 Å². The molecule has 1 aromatic rings. The van der Waals surface area contributed by atoms with Crippen molar-refractivity contribution in [2.75, 3.05) is 6.54 Å². The van der Waals surface area contributed by atoms with Crippen molar-refractivity contribution in [2.45, 2.75) is 12.3 Å². The van der Waals surface area contributed by atoms with Crippen LogP contribution in [-0.4, -0.2) is 12.5 Å². The molecule has 1 aliphatic heterocycles. The quantitative estimate of drug-likeness (QED) is 0.727. The van der Waals surface area contributed by atoms with Crippen molar-refractivity contribution >= 4 is 5.91 Å². The minimum Gasteiger partial charge on any atom is -0.355 e. The van der Waals surface area contributed by atoms with Crippen LogP contribution in [0.25, 0.3) is 0 Å². The van der Waals surface area contributed by atoms with E-state index in [1.54, 1.807) is 0 Å². The Balaban J connectivity index is 2.31. The molecule has 1 saturated heterocycles. The van der Waals surface area contributed by atoms with E-state index in [9.17, 15) is 13.6 Å². The molecular formula is C10H9F2NO. The fourth-order valence-corrected chi connectivity index (χ4v) is 1.65. The number of benzene rings is 1. The lowest BCUT2D eigenvalue weighted by Crippen LogP contribution is -2.13. The van der Waals surface area contributed by atoms with Gasteiger partial charge in [-0.3, -0.25) is 4.79 Å². The topological polar surface area (TPSA) is 29.1 Å². The van der Waals surface area contributed by atoms with Gasteiger partial charge in [0.15, 0.2) is 0 Å². The second-order valence-electron chi connectivity index (χ2n) is 3.37. The maximum atomic E-state index is 13.2. The third kappa shape index (κ3) is 1.60. The average Bonchev–Trinajstić information content (AvgIpc) is 2.56. The summed E-state index contributed by atoms with van der Waals surface area (Å²) in [4.78, 5) is 10.9. The SMILES string of the molecule is O=C1CC(c2cc(F)ccc2F)CN1. The highest BCUT2D eigenvalue weighted by molar-refractivity contribution is 5.79. The predicted molar refractivity (Wildman–Crippen MR) is 46.7 cm³/mol. The molecule has 0 spiro atoms. The number of nitrogens with one attached hydrogen (secondary N) is 1. The highest BCUT2D eigenvalue weighted by atomic mass is 19.1. The summed E-state index contributed by atoms with van der Waals surface area (Å²) >= 11 is 0. The molecule has 0 saturated carbocycles. The predicted octanol–water partition coefficient (Wildman–Crippen LogP) is 1.57. The van der Waals surface area contributed by atoms with E-state index in [4.69, 9.17) is 0 Å². The summed E-state index contributed by atoms with van der Waals surface area (Å²) in [5, 5.41) is 2.59. The van der Waals surface area contributed by atoms with Gasteiger partial charge in [-0.25, -0.2) is 8.78 Å². The van der Waals surface area contributed by atoms with Crippen LogP contribution in [0.15, 0.2) is 18.2 Å². The van der Waals surface area contributed by atoms with Crippen LogP contribution in [0.1, 0.15) is 17.9 Å². The van der Waals surface area contributed by atoms with E-state index >= 15 is 0 Å². The first kappa shape index (κ1) is 9.12. The second-order valence-corrected chi connectivity index (χ2v) is 3.37. The zero-order valence-corrected chi connectivity index (χ0v) is 7.39. The van der Waals surface area contributed by atoms with Gasteiger partial charge in [-0.15, -0.1) is 0 Å². The molecule has 14 heavy (non-hydrogen) atoms. The lowest BCUT2D eigenvalue weighted by Gasteiger charge is -2.08. The molecule has 0 aliphatic carbocycles. The Morgan fingerprint density at radius 2 is 2.14 bits per heavy atom. The average molecular weight is 197 g/mol. The Morgan fingerprint density at radius 1 is 1.36 bits per heavy atom. The maximum absolute atomic E-state index is 13.2. The van der Waals surface area contributed by atoms with Crippen molar-refractivity contribution in [1.82, 2.24) is 5.32 Å². The van der Waals surface area contributed by atoms with Crippen LogP contribution in [0.2, 0.25) is 0 Å². The molecular weight excluding hydrogens is 188 g/mol. The third-order valence-electron chi connectivity index (χ3n) is 2.38. The lowest BCUT2D eigenvalue weighted by atomic mass is 9.98. The van der Waals surface area contributed by atoms with Gasteiger partial charge < -0.3 is 5.32 Å². The Hall–Kier alpha value is -1.45. The molecule has 1 heterocycles. The summed E-state index contributed by atoms with van der Waals surface area (Å²) in [5.74, 6) is -1.27. The summed E-state index contributed by atoms with van der Waals surface area (Å²) in [5.41, 5.74) is 0.281. The van der Waals surface area contributed by atoms with Gasteiger partial charge in [-0.05, 0) is 23.8 Å². The Labute approximate surface area is 79.9 Å². The summed E-state index contributed by atoms with van der Waals surface area (Å²) < 4.78 is 26.1. The lowest BCUT2D eigenvalue weighted by molar-refractivity contribution is -0.119. The number of amides is 1. The van der Waals surface area contributed by atoms with Crippen LogP contribution in [0.5, 0.6) is 0 Å². The van der Waals surface area contributed by atoms with Crippen LogP contribution < -0.4 is 5.32 Å². The van der Waals surface area contributed by atoms with Crippen LogP contribution in [-0.2, 0) is 4.79 Å². The van der Waals surface area contributed by atoms with Gasteiger partial charge in [-0.2, -0.15) is 0 Å². The van der Waals surface area contributed by atoms with Crippen LogP contribution in [0, 0.1) is 11.6 Å². The summed E-state index contributed by atoms with van der Waals surface area (Å²) in [6.07, 6.45) is 0.236. The highest BCUT2D eigenvalue weighted by Gasteiger charge is 2.25. The molecule has 0 bridgehead atoms. The minimum atomic E-state index is -0.472. The van der Waals surface area contributed by atoms with Gasteiger partial charge in [0.25, 0.3) is 0 Å². The van der Waals surface area contributed by atoms with Crippen molar-refractivity contribution in [1.29, 1.82) is 0 Å². The monoisotopic (exact) mass is 197 g/mol. The molecule has 0 radical (unpaired) electrons. The second kappa shape index (κ2) is 3.36. The zero-order chi connectivity index (χ0) is 10.1. The van der Waals surface area contributed by atoms with Crippen molar-refractivity contribution < 1.29 is 13.6 Å². The molecule has 1 fully saturated rings. The fourth-order valence-electron chi connectivity index (χ4n) is 1.65. The van der Waals surface area contributed by atoms with Crippen molar-refractivity contribution in [3.8, 4) is 0 Å². The number of hydrogen-bond donors (Lipinski definition) is 1. The zero-order valence-electron chi connectivity index (χ0n) is 7.39. The summed E-state index contributed by atoms with van der Waals surface area (Å²) in [6.45, 7) is 0.388. The van der Waals surface area contributed by atoms with E-state index in [1.807, 2.05) is 0 Å². The van der Waals surface area contributed by atoms with Crippen molar-refractivity contribution in [2.24, 2.45) is 0 Å². The molecule has 1 aromatic carbocycles. The molecule has 1 unspecified atom stereocenters. The standard InChI is InChI=1S/C10H9F2NO/c11-7-1-2-9(12)8(4-7)6-3-10(14)13-5-6/h1-2,4,6H,3,5H2,(H,13,14). The first-order chi connectivity index (χ1) is 6.66. The smallest absolute Gasteiger partial charge is 0.220 e. The normalized spacial score (nSPS) is 21.0. The number of hydrogen-bond acceptors (Lipinski definition) is 1. The molecule has 1 aliphatic rings. The first-order valence-corrected chi connectivity index (χ1v) is 4.38. The van der Waals surface area contributed by atoms with Crippen LogP contribution in [0.3, 0.4) is 0 Å². The number of halogens is 2. The van der Waals surface area contributed by atoms with E-state index in [1.165, 1.54) is 0 Å². The van der Waals surface area contributed by atoms with Gasteiger partial charge in [0.1, 0.15) is 11.6 Å². The van der Waals surface area contributed by atoms with Crippen molar-refractivity contribution in [3.63, 3.8) is 0 Å². The number of carbonyl (C=O) groups is 1. The van der Waals surface area contributed by atoms with Gasteiger partial charge in [0.05, 0.1) is 0 Å². The molecule has 1 atom stereocenters. The van der Waals surface area contributed by atoms with Gasteiger partial charge in [0.2, 0.25) is 5.91 Å². The maximum Gasteiger partial charge on any atom is 0.220 e. The molecule has 4 heteroatoms. The van der Waals surface area contributed by atoms with E-state index in [-0.39, 0.29) is 23.8 Å². The molecule has 2 rings (SSSR count). The van der Waals surface area contributed by atoms with Gasteiger partial charge in [0, 0.05) is 18.9 Å². The minimum absolute atomic E-state index is 0.112. The summed E-state index contributed by atoms with van der Waals surface area (Å²) in [7, 11) is 0. The van der Waals surface area contributed by atoms with Crippen LogP contribution >= 0.6 is 0 Å². The van der Waals surface area contributed by atoms with Crippen molar-refractivity contribution in [3.05, 3.63) is 35.4 Å². The fraction of sp³-hybridized carbons (Fsp3) is 0.300. The number of carbonyl (C=O) groups excluding carboxylic acids is 1. The van der Waals surface area contributed by atoms with E-state index < -0.39 is 11.6 Å². The van der Waals surface area contributed by atoms with Crippen LogP contribution in [0.4, 0.5) is 8.78 Å². The highest BCUT2D eigenvalue weighted by Crippen LogP contribution is 2.25. The largest absolute Gasteiger partial charge is 0.355 e. The van der Waals surface area contributed by atoms with E-state index in [0.29, 0.717) is 6.54 Å². The summed E-state index contributed by atoms with van der Waals surface area (Å²) in [6, 6.07) is 3.32. The Kier molecular flexibility index (Phi) is 2.19. The van der Waals surface area contributed by atoms with Gasteiger partial charge >= 0.3 is 0 Å². The first-order valence-electron chi connectivity index (χ1n) is 4.38. The molecule has 1 N–H and O–H groups in total. The molecule has 2 nitrogen and oxygen atoms in total. The van der Waals surface area contributed by atoms with E-state index in [2.05, 4.69) is 5.32 Å². The number of rotatable bonds is 1. The Morgan fingerprint density at radius 3 is 2.79 bits per heavy atom. The molecule has 1 amide bonds.